The minimum absolute atomic E-state index is 0.220. The second-order valence-corrected chi connectivity index (χ2v) is 5.08. The van der Waals surface area contributed by atoms with Crippen molar-refractivity contribution in [3.8, 4) is 0 Å². The van der Waals surface area contributed by atoms with Crippen LogP contribution in [0.15, 0.2) is 0 Å². The van der Waals surface area contributed by atoms with Crippen molar-refractivity contribution in [1.82, 2.24) is 9.62 Å². The molecular formula is C7H14N2O3S. The Hall–Kier alpha value is -0.620. The third-order valence-corrected chi connectivity index (χ3v) is 3.47. The van der Waals surface area contributed by atoms with Crippen molar-refractivity contribution in [2.24, 2.45) is 0 Å². The third-order valence-electron chi connectivity index (χ3n) is 2.18. The zero-order valence-corrected chi connectivity index (χ0v) is 8.60. The van der Waals surface area contributed by atoms with Gasteiger partial charge in [0.25, 0.3) is 0 Å². The molecule has 0 aromatic rings. The number of rotatable bonds is 2. The number of sulfonamides is 1. The lowest BCUT2D eigenvalue weighted by Crippen LogP contribution is -2.44. The van der Waals surface area contributed by atoms with E-state index in [1.54, 1.807) is 0 Å². The molecule has 1 fully saturated rings. The molecule has 0 saturated carbocycles. The van der Waals surface area contributed by atoms with Crippen LogP contribution in [0, 0.1) is 0 Å². The number of carbonyl (C=O) groups excluding carboxylic acids is 1. The molecule has 1 rings (SSSR count). The average molecular weight is 206 g/mol. The molecule has 13 heavy (non-hydrogen) atoms. The summed E-state index contributed by atoms with van der Waals surface area (Å²) in [6.07, 6.45) is 2.51. The second kappa shape index (κ2) is 3.63. The van der Waals surface area contributed by atoms with E-state index >= 15 is 0 Å². The Kier molecular flexibility index (Phi) is 2.92. The van der Waals surface area contributed by atoms with Gasteiger partial charge in [-0.3, -0.25) is 4.79 Å². The molecule has 1 unspecified atom stereocenters. The van der Waals surface area contributed by atoms with Crippen LogP contribution in [0.4, 0.5) is 0 Å². The van der Waals surface area contributed by atoms with Crippen LogP contribution in [-0.2, 0) is 14.8 Å². The van der Waals surface area contributed by atoms with Crippen LogP contribution in [0.2, 0.25) is 0 Å². The van der Waals surface area contributed by atoms with Crippen LogP contribution in [0.25, 0.3) is 0 Å². The molecule has 6 heteroatoms. The van der Waals surface area contributed by atoms with Crippen molar-refractivity contribution >= 4 is 15.9 Å². The van der Waals surface area contributed by atoms with E-state index < -0.39 is 16.1 Å². The van der Waals surface area contributed by atoms with Crippen LogP contribution < -0.4 is 5.32 Å². The maximum absolute atomic E-state index is 11.3. The van der Waals surface area contributed by atoms with Crippen molar-refractivity contribution in [2.45, 2.75) is 18.9 Å². The van der Waals surface area contributed by atoms with E-state index in [1.165, 1.54) is 11.4 Å². The van der Waals surface area contributed by atoms with Gasteiger partial charge in [0.15, 0.2) is 0 Å². The first-order valence-electron chi connectivity index (χ1n) is 4.15. The minimum atomic E-state index is -3.23. The van der Waals surface area contributed by atoms with Gasteiger partial charge in [-0.1, -0.05) is 0 Å². The summed E-state index contributed by atoms with van der Waals surface area (Å²) in [4.78, 5) is 11.3. The first kappa shape index (κ1) is 10.5. The highest BCUT2D eigenvalue weighted by Crippen LogP contribution is 2.19. The summed E-state index contributed by atoms with van der Waals surface area (Å²) in [5, 5.41) is 2.46. The Bertz CT molecular complexity index is 299. The largest absolute Gasteiger partial charge is 0.358 e. The van der Waals surface area contributed by atoms with Crippen molar-refractivity contribution in [2.75, 3.05) is 19.8 Å². The molecule has 0 spiro atoms. The zero-order chi connectivity index (χ0) is 10.1. The lowest BCUT2D eigenvalue weighted by atomic mass is 10.2. The number of likely N-dealkylation sites (N-methyl/N-ethyl adjacent to an activating group) is 1. The van der Waals surface area contributed by atoms with Crippen LogP contribution in [0.5, 0.6) is 0 Å². The van der Waals surface area contributed by atoms with E-state index in [9.17, 15) is 13.2 Å². The van der Waals surface area contributed by atoms with Gasteiger partial charge in [-0.2, -0.15) is 4.31 Å². The molecule has 1 N–H and O–H groups in total. The van der Waals surface area contributed by atoms with Crippen LogP contribution >= 0.6 is 0 Å². The summed E-state index contributed by atoms with van der Waals surface area (Å²) in [5.41, 5.74) is 0. The lowest BCUT2D eigenvalue weighted by Gasteiger charge is -2.20. The van der Waals surface area contributed by atoms with Gasteiger partial charge in [0, 0.05) is 13.6 Å². The van der Waals surface area contributed by atoms with Crippen molar-refractivity contribution in [3.63, 3.8) is 0 Å². The summed E-state index contributed by atoms with van der Waals surface area (Å²) < 4.78 is 23.7. The number of nitrogens with zero attached hydrogens (tertiary/aromatic N) is 1. The molecule has 1 aliphatic rings. The molecule has 1 heterocycles. The van der Waals surface area contributed by atoms with Crippen LogP contribution in [-0.4, -0.2) is 44.5 Å². The number of amides is 1. The van der Waals surface area contributed by atoms with Crippen LogP contribution in [0.1, 0.15) is 12.8 Å². The standard InChI is InChI=1S/C7H14N2O3S/c1-8-7(10)6-4-3-5-9(6)13(2,11)12/h6H,3-5H2,1-2H3,(H,8,10). The minimum Gasteiger partial charge on any atom is -0.358 e. The summed E-state index contributed by atoms with van der Waals surface area (Å²) >= 11 is 0. The van der Waals surface area contributed by atoms with E-state index in [0.29, 0.717) is 13.0 Å². The van der Waals surface area contributed by atoms with Crippen LogP contribution in [0.3, 0.4) is 0 Å². The molecule has 1 atom stereocenters. The maximum atomic E-state index is 11.3. The fraction of sp³-hybridized carbons (Fsp3) is 0.857. The number of hydrogen-bond acceptors (Lipinski definition) is 3. The molecule has 0 radical (unpaired) electrons. The summed E-state index contributed by atoms with van der Waals surface area (Å²) in [6, 6.07) is -0.500. The predicted molar refractivity (Wildman–Crippen MR) is 48.6 cm³/mol. The summed E-state index contributed by atoms with van der Waals surface area (Å²) in [5.74, 6) is -0.220. The normalized spacial score (nSPS) is 24.6. The van der Waals surface area contributed by atoms with Crippen molar-refractivity contribution < 1.29 is 13.2 Å². The molecule has 0 bridgehead atoms. The number of nitrogens with one attached hydrogen (secondary N) is 1. The monoisotopic (exact) mass is 206 g/mol. The van der Waals surface area contributed by atoms with E-state index in [2.05, 4.69) is 5.32 Å². The smallest absolute Gasteiger partial charge is 0.238 e. The molecule has 76 valence electrons. The SMILES string of the molecule is CNC(=O)C1CCCN1S(C)(=O)=O. The third kappa shape index (κ3) is 2.19. The molecule has 1 aliphatic heterocycles. The fourth-order valence-electron chi connectivity index (χ4n) is 1.57. The van der Waals surface area contributed by atoms with E-state index in [-0.39, 0.29) is 5.91 Å². The Balaban J connectivity index is 2.82. The predicted octanol–water partition coefficient (Wildman–Crippen LogP) is -0.844. The van der Waals surface area contributed by atoms with Gasteiger partial charge >= 0.3 is 0 Å². The van der Waals surface area contributed by atoms with Gasteiger partial charge in [0.05, 0.1) is 6.26 Å². The summed E-state index contributed by atoms with van der Waals surface area (Å²) in [6.45, 7) is 0.455. The van der Waals surface area contributed by atoms with Gasteiger partial charge in [-0.25, -0.2) is 8.42 Å². The van der Waals surface area contributed by atoms with Gasteiger partial charge in [-0.15, -0.1) is 0 Å². The Morgan fingerprint density at radius 1 is 1.54 bits per heavy atom. The highest BCUT2D eigenvalue weighted by atomic mass is 32.2. The van der Waals surface area contributed by atoms with E-state index in [1.807, 2.05) is 0 Å². The molecule has 0 aliphatic carbocycles. The average Bonchev–Trinajstić information content (AvgIpc) is 2.49. The molecular weight excluding hydrogens is 192 g/mol. The highest BCUT2D eigenvalue weighted by Gasteiger charge is 2.35. The van der Waals surface area contributed by atoms with E-state index in [4.69, 9.17) is 0 Å². The summed E-state index contributed by atoms with van der Waals surface area (Å²) in [7, 11) is -1.72. The first-order valence-corrected chi connectivity index (χ1v) is 6.00. The molecule has 0 aromatic carbocycles. The molecule has 5 nitrogen and oxygen atoms in total. The van der Waals surface area contributed by atoms with Gasteiger partial charge in [0.2, 0.25) is 15.9 Å². The zero-order valence-electron chi connectivity index (χ0n) is 7.78. The molecule has 1 saturated heterocycles. The number of carbonyl (C=O) groups is 1. The number of hydrogen-bond donors (Lipinski definition) is 1. The first-order chi connectivity index (χ1) is 5.96. The van der Waals surface area contributed by atoms with Gasteiger partial charge in [0.1, 0.15) is 6.04 Å². The van der Waals surface area contributed by atoms with E-state index in [0.717, 1.165) is 12.7 Å². The second-order valence-electron chi connectivity index (χ2n) is 3.15. The quantitative estimate of drug-likeness (QED) is 0.640. The molecule has 1 amide bonds. The Morgan fingerprint density at radius 2 is 2.15 bits per heavy atom. The van der Waals surface area contributed by atoms with Crippen molar-refractivity contribution in [1.29, 1.82) is 0 Å². The highest BCUT2D eigenvalue weighted by molar-refractivity contribution is 7.88. The van der Waals surface area contributed by atoms with Gasteiger partial charge in [-0.05, 0) is 12.8 Å². The molecule has 0 aromatic heterocycles. The maximum Gasteiger partial charge on any atom is 0.238 e. The Labute approximate surface area is 78.2 Å². The van der Waals surface area contributed by atoms with Crippen molar-refractivity contribution in [3.05, 3.63) is 0 Å². The Morgan fingerprint density at radius 3 is 2.62 bits per heavy atom. The lowest BCUT2D eigenvalue weighted by molar-refractivity contribution is -0.123. The topological polar surface area (TPSA) is 66.5 Å². The fourth-order valence-corrected chi connectivity index (χ4v) is 2.69. The van der Waals surface area contributed by atoms with Gasteiger partial charge < -0.3 is 5.32 Å².